The highest BCUT2D eigenvalue weighted by molar-refractivity contribution is 6.33. The monoisotopic (exact) mass is 1190 g/mol. The quantitative estimate of drug-likeness (QED) is 0.0885. The predicted molar refractivity (Wildman–Crippen MR) is 320 cm³/mol. The third-order valence-corrected chi connectivity index (χ3v) is 12.3. The van der Waals surface area contributed by atoms with E-state index in [1.54, 1.807) is 97.1 Å². The fraction of sp³-hybridized carbons (Fsp3) is 0.0625. The van der Waals surface area contributed by atoms with Gasteiger partial charge in [-0.15, -0.1) is 20.4 Å². The van der Waals surface area contributed by atoms with Crippen LogP contribution in [0.2, 0.25) is 5.02 Å². The molecular weight excluding hydrogens is 1140 g/mol. The normalized spacial score (nSPS) is 10.4. The van der Waals surface area contributed by atoms with Crippen LogP contribution in [0.4, 0.5) is 32.8 Å². The van der Waals surface area contributed by atoms with Crippen LogP contribution in [-0.4, -0.2) is 64.4 Å². The molecule has 0 saturated heterocycles. The van der Waals surface area contributed by atoms with E-state index in [-0.39, 0.29) is 70.9 Å². The molecule has 0 fully saturated rings. The Morgan fingerprint density at radius 2 is 0.678 bits per heavy atom. The first-order chi connectivity index (χ1) is 42.1. The molecule has 4 amide bonds. The largest absolute Gasteiger partial charge is 0.403 e. The molecule has 0 unspecified atom stereocenters. The minimum absolute atomic E-state index is 0.0117. The van der Waals surface area contributed by atoms with Gasteiger partial charge in [-0.1, -0.05) is 151 Å². The van der Waals surface area contributed by atoms with Crippen molar-refractivity contribution in [2.24, 2.45) is 0 Å². The summed E-state index contributed by atoms with van der Waals surface area (Å²) in [7, 11) is 0. The lowest BCUT2D eigenvalue weighted by atomic mass is 10.1. The van der Waals surface area contributed by atoms with Crippen molar-refractivity contribution in [3.8, 4) is 45.8 Å². The predicted octanol–water partition coefficient (Wildman–Crippen LogP) is 14.1. The molecule has 4 heterocycles. The van der Waals surface area contributed by atoms with Gasteiger partial charge in [0.05, 0.1) is 16.1 Å². The van der Waals surface area contributed by atoms with Gasteiger partial charge >= 0.3 is 24.1 Å². The Morgan fingerprint density at radius 1 is 0.345 bits per heavy atom. The highest BCUT2D eigenvalue weighted by atomic mass is 35.5. The average molecular weight is 1190 g/mol. The lowest BCUT2D eigenvalue weighted by Crippen LogP contribution is -2.12. The second-order valence-corrected chi connectivity index (χ2v) is 19.2. The molecule has 0 aliphatic carbocycles. The molecular formula is C64H49ClF2N12O8. The number of nitrogens with one attached hydrogen (secondary N) is 4. The van der Waals surface area contributed by atoms with Gasteiger partial charge < -0.3 is 17.7 Å². The van der Waals surface area contributed by atoms with Crippen LogP contribution >= 0.6 is 11.6 Å². The van der Waals surface area contributed by atoms with E-state index < -0.39 is 11.6 Å². The number of hydrogen-bond acceptors (Lipinski definition) is 16. The van der Waals surface area contributed by atoms with E-state index in [0.29, 0.717) is 44.3 Å². The Labute approximate surface area is 499 Å². The SMILES string of the molecule is Cc1cccc(C(=O)Nc2nnc(-c3cccc(F)c3)o2)c1.Cc1cccc(C(=O)Nc2nnc(-c3ccccc3)o2)c1.Cc1cccc(C(=O)Nc2nnc(-c3ccccc3Cl)o2)c1.Cc1cccc(C(=O)Nc2nnc(-c3ccccc3F)o2)c1. The molecule has 4 N–H and O–H groups in total. The summed E-state index contributed by atoms with van der Waals surface area (Å²) in [5, 5.41) is 41.1. The van der Waals surface area contributed by atoms with Gasteiger partial charge in [0.2, 0.25) is 11.8 Å². The molecule has 4 aromatic heterocycles. The van der Waals surface area contributed by atoms with Crippen LogP contribution in [0, 0.1) is 39.3 Å². The van der Waals surface area contributed by atoms with Crippen LogP contribution in [0.3, 0.4) is 0 Å². The Bertz CT molecular complexity index is 4220. The number of amides is 4. The zero-order chi connectivity index (χ0) is 61.2. The molecule has 0 bridgehead atoms. The minimum Gasteiger partial charge on any atom is -0.403 e. The number of carbonyl (C=O) groups excluding carboxylic acids is 4. The van der Waals surface area contributed by atoms with Gasteiger partial charge in [0.1, 0.15) is 11.6 Å². The molecule has 12 rings (SSSR count). The molecule has 0 aliphatic rings. The number of rotatable bonds is 12. The van der Waals surface area contributed by atoms with E-state index in [9.17, 15) is 28.0 Å². The summed E-state index contributed by atoms with van der Waals surface area (Å²) in [4.78, 5) is 48.3. The van der Waals surface area contributed by atoms with Crippen molar-refractivity contribution >= 4 is 59.3 Å². The number of halogens is 3. The number of nitrogens with zero attached hydrogens (tertiary/aromatic N) is 8. The molecule has 0 atom stereocenters. The first kappa shape index (κ1) is 60.0. The maximum absolute atomic E-state index is 13.6. The van der Waals surface area contributed by atoms with Crippen molar-refractivity contribution in [1.82, 2.24) is 40.8 Å². The topological polar surface area (TPSA) is 272 Å². The zero-order valence-corrected chi connectivity index (χ0v) is 47.3. The molecule has 23 heteroatoms. The summed E-state index contributed by atoms with van der Waals surface area (Å²) < 4.78 is 48.3. The van der Waals surface area contributed by atoms with Crippen molar-refractivity contribution in [2.45, 2.75) is 27.7 Å². The average Bonchev–Trinajstić information content (AvgIpc) is 3.69. The van der Waals surface area contributed by atoms with Crippen LogP contribution in [0.15, 0.2) is 218 Å². The van der Waals surface area contributed by atoms with E-state index in [0.717, 1.165) is 27.8 Å². The fourth-order valence-electron chi connectivity index (χ4n) is 7.84. The van der Waals surface area contributed by atoms with Crippen LogP contribution in [0.25, 0.3) is 45.8 Å². The molecule has 8 aromatic carbocycles. The number of carbonyl (C=O) groups is 4. The minimum atomic E-state index is -0.470. The third kappa shape index (κ3) is 16.8. The number of benzene rings is 8. The number of hydrogen-bond donors (Lipinski definition) is 4. The van der Waals surface area contributed by atoms with Crippen molar-refractivity contribution < 1.29 is 45.6 Å². The first-order valence-electron chi connectivity index (χ1n) is 26.3. The molecule has 87 heavy (non-hydrogen) atoms. The van der Waals surface area contributed by atoms with Crippen LogP contribution in [0.5, 0.6) is 0 Å². The van der Waals surface area contributed by atoms with Crippen LogP contribution in [-0.2, 0) is 0 Å². The number of aromatic nitrogens is 8. The lowest BCUT2D eigenvalue weighted by molar-refractivity contribution is 0.101. The Kier molecular flexibility index (Phi) is 19.7. The van der Waals surface area contributed by atoms with Gasteiger partial charge in [-0.25, -0.2) is 8.78 Å². The van der Waals surface area contributed by atoms with Crippen molar-refractivity contribution in [3.63, 3.8) is 0 Å². The van der Waals surface area contributed by atoms with Gasteiger partial charge in [0.15, 0.2) is 0 Å². The third-order valence-electron chi connectivity index (χ3n) is 12.0. The number of anilines is 4. The summed E-state index contributed by atoms with van der Waals surface area (Å²) in [6, 6.07) is 57.0. The van der Waals surface area contributed by atoms with Crippen LogP contribution in [0.1, 0.15) is 63.7 Å². The molecule has 20 nitrogen and oxygen atoms in total. The molecule has 12 aromatic rings. The van der Waals surface area contributed by atoms with E-state index in [4.69, 9.17) is 29.3 Å². The van der Waals surface area contributed by atoms with Crippen molar-refractivity contribution in [2.75, 3.05) is 21.3 Å². The van der Waals surface area contributed by atoms with Crippen molar-refractivity contribution in [1.29, 1.82) is 0 Å². The Hall–Kier alpha value is -11.7. The smallest absolute Gasteiger partial charge is 0.322 e. The number of aryl methyl sites for hydroxylation is 4. The Balaban J connectivity index is 0.000000138. The fourth-order valence-corrected chi connectivity index (χ4v) is 8.06. The van der Waals surface area contributed by atoms with Gasteiger partial charge in [-0.3, -0.25) is 40.4 Å². The lowest BCUT2D eigenvalue weighted by Gasteiger charge is -2.01. The molecule has 0 aliphatic heterocycles. The summed E-state index contributed by atoms with van der Waals surface area (Å²) in [6.45, 7) is 7.63. The highest BCUT2D eigenvalue weighted by Gasteiger charge is 2.18. The molecule has 0 saturated carbocycles. The van der Waals surface area contributed by atoms with Crippen LogP contribution < -0.4 is 21.3 Å². The highest BCUT2D eigenvalue weighted by Crippen LogP contribution is 2.28. The zero-order valence-electron chi connectivity index (χ0n) is 46.5. The van der Waals surface area contributed by atoms with Crippen molar-refractivity contribution in [3.05, 3.63) is 261 Å². The Morgan fingerprint density at radius 3 is 1.08 bits per heavy atom. The maximum atomic E-state index is 13.6. The van der Waals surface area contributed by atoms with Gasteiger partial charge in [0.25, 0.3) is 35.4 Å². The van der Waals surface area contributed by atoms with E-state index in [2.05, 4.69) is 62.1 Å². The second-order valence-electron chi connectivity index (χ2n) is 18.8. The van der Waals surface area contributed by atoms with E-state index in [1.807, 2.05) is 107 Å². The molecule has 434 valence electrons. The van der Waals surface area contributed by atoms with Gasteiger partial charge in [-0.2, -0.15) is 0 Å². The van der Waals surface area contributed by atoms with E-state index in [1.165, 1.54) is 24.3 Å². The van der Waals surface area contributed by atoms with Gasteiger partial charge in [-0.05, 0) is 131 Å². The summed E-state index contributed by atoms with van der Waals surface area (Å²) in [5.74, 6) is -1.40. The first-order valence-corrected chi connectivity index (χ1v) is 26.7. The second kappa shape index (κ2) is 28.6. The summed E-state index contributed by atoms with van der Waals surface area (Å²) in [5.41, 5.74) is 8.04. The maximum Gasteiger partial charge on any atom is 0.322 e. The van der Waals surface area contributed by atoms with E-state index >= 15 is 0 Å². The summed E-state index contributed by atoms with van der Waals surface area (Å²) in [6.07, 6.45) is 0. The molecule has 0 spiro atoms. The summed E-state index contributed by atoms with van der Waals surface area (Å²) >= 11 is 6.07. The molecule has 0 radical (unpaired) electrons. The van der Waals surface area contributed by atoms with Gasteiger partial charge in [0, 0.05) is 33.4 Å². The standard InChI is InChI=1S/C16H12ClN3O2.2C16H12FN3O2.C16H13N3O2/c1-10-5-4-6-11(9-10)14(21)18-16-20-19-15(22-16)12-7-2-3-8-13(12)17;1-10-4-2-5-11(8-10)14(21)18-16-20-19-15(22-16)12-6-3-7-13(17)9-12;1-10-5-4-6-11(9-10)14(21)18-16-20-19-15(22-16)12-7-2-3-8-13(12)17;1-11-6-5-9-13(10-11)14(20)17-16-19-18-15(21-16)12-7-3-2-4-8-12/h3*2-9H,1H3,(H,18,20,21);2-10H,1H3,(H,17,19,20).